The molecule has 0 bridgehead atoms. The number of methoxy groups -OCH3 is 1. The normalized spacial score (nSPS) is 15.1. The van der Waals surface area contributed by atoms with Gasteiger partial charge in [0, 0.05) is 5.56 Å². The van der Waals surface area contributed by atoms with Gasteiger partial charge in [-0.25, -0.2) is 9.79 Å². The van der Waals surface area contributed by atoms with Gasteiger partial charge < -0.3 is 14.2 Å². The summed E-state index contributed by atoms with van der Waals surface area (Å²) in [6.07, 6.45) is 4.21. The molecule has 198 valence electrons. The number of nitrogens with zero attached hydrogens (tertiary/aromatic N) is 2. The summed E-state index contributed by atoms with van der Waals surface area (Å²) in [5.74, 6) is 0.782. The second-order valence-electron chi connectivity index (χ2n) is 8.85. The maximum Gasteiger partial charge on any atom is 0.338 e. The zero-order valence-electron chi connectivity index (χ0n) is 22.4. The average Bonchev–Trinajstić information content (AvgIpc) is 3.19. The zero-order chi connectivity index (χ0) is 27.4. The van der Waals surface area contributed by atoms with Crippen molar-refractivity contribution in [1.29, 1.82) is 0 Å². The van der Waals surface area contributed by atoms with Crippen molar-refractivity contribution in [3.63, 3.8) is 0 Å². The molecule has 0 N–H and O–H groups in total. The second kappa shape index (κ2) is 11.6. The molecule has 0 amide bonds. The van der Waals surface area contributed by atoms with Gasteiger partial charge in [0.05, 0.1) is 42.2 Å². The number of hydrogen-bond acceptors (Lipinski definition) is 7. The number of aryl methyl sites for hydroxylation is 1. The molecule has 38 heavy (non-hydrogen) atoms. The Hall–Kier alpha value is -3.91. The minimum atomic E-state index is -0.640. The lowest BCUT2D eigenvalue weighted by Crippen LogP contribution is -2.39. The molecule has 4 rings (SSSR count). The number of hydrogen-bond donors (Lipinski definition) is 0. The molecule has 3 aromatic rings. The van der Waals surface area contributed by atoms with Crippen LogP contribution in [0.15, 0.2) is 70.1 Å². The Balaban J connectivity index is 1.93. The van der Waals surface area contributed by atoms with Crippen LogP contribution in [0.2, 0.25) is 0 Å². The lowest BCUT2D eigenvalue weighted by atomic mass is 9.95. The quantitative estimate of drug-likeness (QED) is 0.304. The van der Waals surface area contributed by atoms with Gasteiger partial charge in [0.25, 0.3) is 5.56 Å². The van der Waals surface area contributed by atoms with E-state index in [4.69, 9.17) is 14.2 Å². The number of carbonyl (C=O) groups excluding carboxylic acids is 1. The molecular formula is C30H32N2O5S. The molecule has 0 radical (unpaired) electrons. The summed E-state index contributed by atoms with van der Waals surface area (Å²) < 4.78 is 18.9. The van der Waals surface area contributed by atoms with E-state index in [1.54, 1.807) is 31.6 Å². The summed E-state index contributed by atoms with van der Waals surface area (Å²) in [7, 11) is 1.59. The molecule has 2 aromatic carbocycles. The van der Waals surface area contributed by atoms with Crippen molar-refractivity contribution in [3.8, 4) is 11.5 Å². The zero-order valence-corrected chi connectivity index (χ0v) is 23.2. The first kappa shape index (κ1) is 27.1. The molecule has 0 saturated heterocycles. The van der Waals surface area contributed by atoms with Crippen molar-refractivity contribution >= 4 is 23.4 Å². The molecule has 1 atom stereocenters. The van der Waals surface area contributed by atoms with Crippen LogP contribution in [0.25, 0.3) is 6.08 Å². The van der Waals surface area contributed by atoms with E-state index in [9.17, 15) is 9.59 Å². The molecule has 0 aliphatic carbocycles. The van der Waals surface area contributed by atoms with Crippen LogP contribution in [-0.4, -0.2) is 30.9 Å². The van der Waals surface area contributed by atoms with Gasteiger partial charge in [-0.05, 0) is 63.5 Å². The first-order valence-electron chi connectivity index (χ1n) is 12.5. The van der Waals surface area contributed by atoms with Crippen LogP contribution in [0.4, 0.5) is 0 Å². The van der Waals surface area contributed by atoms with E-state index in [-0.39, 0.29) is 12.2 Å². The number of fused-ring (bicyclic) bond motifs is 1. The number of thiazole rings is 1. The Morgan fingerprint density at radius 2 is 1.89 bits per heavy atom. The SMILES string of the molecule is C=CCc1cc(/C=c2/sc3n(c2=O)[C@@H](c2ccc(C)cc2)C(C(=O)OCC)=C(C)N=3)cc(OC)c1OCC. The largest absolute Gasteiger partial charge is 0.493 e. The number of allylic oxidation sites excluding steroid dienone is 2. The fraction of sp³-hybridized carbons (Fsp3) is 0.300. The Kier molecular flexibility index (Phi) is 8.32. The van der Waals surface area contributed by atoms with Crippen molar-refractivity contribution < 1.29 is 19.0 Å². The molecule has 0 spiro atoms. The van der Waals surface area contributed by atoms with E-state index < -0.39 is 12.0 Å². The highest BCUT2D eigenvalue weighted by molar-refractivity contribution is 7.07. The highest BCUT2D eigenvalue weighted by Gasteiger charge is 2.33. The highest BCUT2D eigenvalue weighted by Crippen LogP contribution is 2.34. The van der Waals surface area contributed by atoms with Crippen LogP contribution >= 0.6 is 11.3 Å². The van der Waals surface area contributed by atoms with E-state index in [2.05, 4.69) is 11.6 Å². The first-order valence-corrected chi connectivity index (χ1v) is 13.3. The molecule has 8 heteroatoms. The third-order valence-electron chi connectivity index (χ3n) is 6.23. The van der Waals surface area contributed by atoms with Gasteiger partial charge in [0.2, 0.25) is 0 Å². The Labute approximate surface area is 226 Å². The molecule has 1 aliphatic rings. The van der Waals surface area contributed by atoms with Crippen LogP contribution in [0.3, 0.4) is 0 Å². The molecule has 0 unspecified atom stereocenters. The fourth-order valence-electron chi connectivity index (χ4n) is 4.54. The van der Waals surface area contributed by atoms with Gasteiger partial charge in [-0.1, -0.05) is 47.2 Å². The topological polar surface area (TPSA) is 79.1 Å². The average molecular weight is 533 g/mol. The number of rotatable bonds is 9. The van der Waals surface area contributed by atoms with E-state index in [1.165, 1.54) is 11.3 Å². The van der Waals surface area contributed by atoms with Gasteiger partial charge in [-0.15, -0.1) is 6.58 Å². The van der Waals surface area contributed by atoms with Crippen molar-refractivity contribution in [3.05, 3.63) is 102 Å². The lowest BCUT2D eigenvalue weighted by molar-refractivity contribution is -0.139. The summed E-state index contributed by atoms with van der Waals surface area (Å²) in [5, 5.41) is 0. The summed E-state index contributed by atoms with van der Waals surface area (Å²) in [5.41, 5.74) is 4.28. The van der Waals surface area contributed by atoms with Gasteiger partial charge >= 0.3 is 5.97 Å². The van der Waals surface area contributed by atoms with Gasteiger partial charge in [-0.3, -0.25) is 9.36 Å². The number of esters is 1. The van der Waals surface area contributed by atoms with Gasteiger partial charge in [0.15, 0.2) is 16.3 Å². The van der Waals surface area contributed by atoms with Crippen LogP contribution in [0.1, 0.15) is 49.1 Å². The molecule has 1 aliphatic heterocycles. The molecule has 0 saturated carbocycles. The number of benzene rings is 2. The van der Waals surface area contributed by atoms with E-state index >= 15 is 0 Å². The predicted octanol–water partition coefficient (Wildman–Crippen LogP) is 4.24. The minimum absolute atomic E-state index is 0.229. The molecule has 0 fully saturated rings. The van der Waals surface area contributed by atoms with Crippen LogP contribution in [0, 0.1) is 6.92 Å². The summed E-state index contributed by atoms with van der Waals surface area (Å²) in [6, 6.07) is 11.0. The van der Waals surface area contributed by atoms with Gasteiger partial charge in [0.1, 0.15) is 0 Å². The van der Waals surface area contributed by atoms with Gasteiger partial charge in [-0.2, -0.15) is 0 Å². The molecule has 1 aromatic heterocycles. The van der Waals surface area contributed by atoms with Crippen molar-refractivity contribution in [2.45, 2.75) is 40.2 Å². The molecule has 7 nitrogen and oxygen atoms in total. The fourth-order valence-corrected chi connectivity index (χ4v) is 5.59. The van der Waals surface area contributed by atoms with Crippen LogP contribution < -0.4 is 24.4 Å². The number of aromatic nitrogens is 1. The number of ether oxygens (including phenoxy) is 3. The number of carbonyl (C=O) groups is 1. The van der Waals surface area contributed by atoms with E-state index in [1.807, 2.05) is 56.3 Å². The monoisotopic (exact) mass is 532 g/mol. The third kappa shape index (κ3) is 5.22. The van der Waals surface area contributed by atoms with Crippen LogP contribution in [0.5, 0.6) is 11.5 Å². The van der Waals surface area contributed by atoms with E-state index in [0.29, 0.717) is 45.1 Å². The van der Waals surface area contributed by atoms with E-state index in [0.717, 1.165) is 22.3 Å². The smallest absolute Gasteiger partial charge is 0.338 e. The second-order valence-corrected chi connectivity index (χ2v) is 9.86. The minimum Gasteiger partial charge on any atom is -0.493 e. The summed E-state index contributed by atoms with van der Waals surface area (Å²) >= 11 is 1.29. The Morgan fingerprint density at radius 3 is 2.53 bits per heavy atom. The first-order chi connectivity index (χ1) is 18.3. The van der Waals surface area contributed by atoms with Crippen molar-refractivity contribution in [1.82, 2.24) is 4.57 Å². The Morgan fingerprint density at radius 1 is 1.16 bits per heavy atom. The summed E-state index contributed by atoms with van der Waals surface area (Å²) in [4.78, 5) is 32.1. The maximum atomic E-state index is 13.9. The standard InChI is InChI=1S/C30H32N2O5S/c1-7-10-22-15-20(16-23(35-6)27(22)36-8-2)17-24-28(33)32-26(21-13-11-18(4)12-14-21)25(29(34)37-9-3)19(5)31-30(32)38-24/h7,11-17,26H,1,8-10H2,2-6H3/b24-17+/t26-/m0/s1. The highest BCUT2D eigenvalue weighted by atomic mass is 32.1. The van der Waals surface area contributed by atoms with Crippen molar-refractivity contribution in [2.75, 3.05) is 20.3 Å². The summed E-state index contributed by atoms with van der Waals surface area (Å²) in [6.45, 7) is 12.0. The van der Waals surface area contributed by atoms with Crippen molar-refractivity contribution in [2.24, 2.45) is 4.99 Å². The Bertz CT molecular complexity index is 1580. The lowest BCUT2D eigenvalue weighted by Gasteiger charge is -2.24. The maximum absolute atomic E-state index is 13.9. The van der Waals surface area contributed by atoms with Crippen LogP contribution in [-0.2, 0) is 16.0 Å². The molecular weight excluding hydrogens is 500 g/mol. The molecule has 2 heterocycles. The third-order valence-corrected chi connectivity index (χ3v) is 7.22. The predicted molar refractivity (Wildman–Crippen MR) is 150 cm³/mol.